The molecule has 2 bridgehead atoms. The second-order valence-electron chi connectivity index (χ2n) is 11.1. The van der Waals surface area contributed by atoms with Crippen molar-refractivity contribution >= 4 is 0 Å². The number of hydrogen-bond donors (Lipinski definition) is 3. The summed E-state index contributed by atoms with van der Waals surface area (Å²) in [4.78, 5) is 12.1. The van der Waals surface area contributed by atoms with Crippen molar-refractivity contribution < 1.29 is 39.3 Å². The van der Waals surface area contributed by atoms with Crippen LogP contribution in [0.3, 0.4) is 0 Å². The Bertz CT molecular complexity index is 1130. The van der Waals surface area contributed by atoms with Crippen molar-refractivity contribution in [3.63, 3.8) is 0 Å². The zero-order valence-electron chi connectivity index (χ0n) is 21.3. The van der Waals surface area contributed by atoms with Gasteiger partial charge in [0.05, 0.1) is 11.7 Å². The van der Waals surface area contributed by atoms with Gasteiger partial charge in [-0.15, -0.1) is 0 Å². The number of benzene rings is 1. The van der Waals surface area contributed by atoms with Crippen LogP contribution in [-0.2, 0) is 25.0 Å². The highest BCUT2D eigenvalue weighted by molar-refractivity contribution is 5.48. The van der Waals surface area contributed by atoms with E-state index < -0.39 is 42.1 Å². The summed E-state index contributed by atoms with van der Waals surface area (Å²) in [5.74, 6) is -0.567. The van der Waals surface area contributed by atoms with Crippen LogP contribution in [0.4, 0.5) is 0 Å². The van der Waals surface area contributed by atoms with Gasteiger partial charge in [0.15, 0.2) is 5.60 Å². The van der Waals surface area contributed by atoms with E-state index >= 15 is 0 Å². The molecule has 3 N–H and O–H groups in total. The lowest BCUT2D eigenvalue weighted by atomic mass is 9.53. The van der Waals surface area contributed by atoms with Crippen LogP contribution in [0.2, 0.25) is 0 Å². The molecule has 1 aromatic rings. The molecule has 6 unspecified atom stereocenters. The van der Waals surface area contributed by atoms with Gasteiger partial charge < -0.3 is 29.5 Å². The molecule has 9 atom stereocenters. The fourth-order valence-electron chi connectivity index (χ4n) is 7.49. The first kappa shape index (κ1) is 25.3. The number of rotatable bonds is 4. The topological polar surface area (TPSA) is 131 Å². The van der Waals surface area contributed by atoms with E-state index in [1.54, 1.807) is 37.8 Å². The Morgan fingerprint density at radius 2 is 1.84 bits per heavy atom. The summed E-state index contributed by atoms with van der Waals surface area (Å²) in [6.45, 7) is 1.58. The minimum atomic E-state index is -1.50. The average molecular weight is 514 g/mol. The lowest BCUT2D eigenvalue weighted by Crippen LogP contribution is -2.74. The van der Waals surface area contributed by atoms with Crippen LogP contribution < -0.4 is 4.74 Å². The average Bonchev–Trinajstić information content (AvgIpc) is 2.90. The number of allylic oxidation sites excluding steroid dienone is 1. The van der Waals surface area contributed by atoms with E-state index in [0.29, 0.717) is 5.56 Å². The van der Waals surface area contributed by atoms with E-state index in [1.165, 1.54) is 18.4 Å². The van der Waals surface area contributed by atoms with Crippen LogP contribution >= 0.6 is 0 Å². The number of aliphatic hydroxyl groups excluding tert-OH is 3. The van der Waals surface area contributed by atoms with Crippen molar-refractivity contribution in [3.05, 3.63) is 40.5 Å². The molecule has 37 heavy (non-hydrogen) atoms. The van der Waals surface area contributed by atoms with Gasteiger partial charge in [0.1, 0.15) is 30.1 Å². The monoisotopic (exact) mass is 513 g/mol. The van der Waals surface area contributed by atoms with Gasteiger partial charge in [0.25, 0.3) is 5.79 Å². The molecule has 3 fully saturated rings. The molecule has 1 saturated carbocycles. The maximum atomic E-state index is 10.5. The minimum Gasteiger partial charge on any atom is -0.461 e. The lowest BCUT2D eigenvalue weighted by molar-refractivity contribution is -0.639. The Balaban J connectivity index is 1.38. The largest absolute Gasteiger partial charge is 0.461 e. The summed E-state index contributed by atoms with van der Waals surface area (Å²) in [6.07, 6.45) is 2.62. The third kappa shape index (κ3) is 3.54. The van der Waals surface area contributed by atoms with E-state index in [1.807, 2.05) is 0 Å². The Hall–Kier alpha value is -2.03. The summed E-state index contributed by atoms with van der Waals surface area (Å²) < 4.78 is 17.8. The Morgan fingerprint density at radius 3 is 2.57 bits per heavy atom. The Morgan fingerprint density at radius 1 is 1.03 bits per heavy atom. The van der Waals surface area contributed by atoms with Crippen LogP contribution in [0.1, 0.15) is 69.4 Å². The standard InChI is InChI=1S/C28H35NO8/c1-15-23(30)24(31)25(32)26(34-15)35-22-13-19(11-10-17(22)14-29)28(33-2)27(36-37-28)18-7-5-9-21(27)20-8-4-3-6-16(20)12-18/h10-11,13,15,18,21,23-26,30-32H,3-9,12H2,1-2H3/t15?,18?,21?,23-,24-,25?,26-,27?,28?/m0/s1. The lowest BCUT2D eigenvalue weighted by Gasteiger charge is -2.65. The van der Waals surface area contributed by atoms with Crippen molar-refractivity contribution in [3.8, 4) is 11.8 Å². The predicted octanol–water partition coefficient (Wildman–Crippen LogP) is 2.95. The molecule has 0 radical (unpaired) electrons. The Labute approximate surface area is 216 Å². The molecule has 9 nitrogen and oxygen atoms in total. The SMILES string of the molecule is COC1(c2ccc(C#N)c(O[C@@H]3OC(C)[C@H](O)[C@H](O)C3O)c2)OOC12C1CCCC2C2=C(CCCC2)C1. The highest BCUT2D eigenvalue weighted by atomic mass is 17.3. The number of nitrogens with zero attached hydrogens (tertiary/aromatic N) is 1. The maximum Gasteiger partial charge on any atom is 0.261 e. The van der Waals surface area contributed by atoms with Crippen LogP contribution in [-0.4, -0.2) is 58.7 Å². The van der Waals surface area contributed by atoms with Gasteiger partial charge in [0.2, 0.25) is 6.29 Å². The minimum absolute atomic E-state index is 0.167. The van der Waals surface area contributed by atoms with Crippen molar-refractivity contribution in [1.82, 2.24) is 0 Å². The number of fused-ring (bicyclic) bond motifs is 1. The van der Waals surface area contributed by atoms with Crippen molar-refractivity contribution in [2.75, 3.05) is 7.11 Å². The number of ether oxygens (including phenoxy) is 3. The molecule has 0 aromatic heterocycles. The summed E-state index contributed by atoms with van der Waals surface area (Å²) in [6, 6.07) is 7.24. The molecule has 2 aliphatic heterocycles. The molecule has 2 saturated heterocycles. The van der Waals surface area contributed by atoms with Gasteiger partial charge in [-0.25, -0.2) is 4.89 Å². The van der Waals surface area contributed by atoms with Gasteiger partial charge in [-0.3, -0.25) is 0 Å². The number of aliphatic hydroxyl groups is 3. The van der Waals surface area contributed by atoms with Gasteiger partial charge >= 0.3 is 0 Å². The van der Waals surface area contributed by atoms with E-state index in [4.69, 9.17) is 24.0 Å². The molecular formula is C28H35NO8. The van der Waals surface area contributed by atoms with Crippen molar-refractivity contribution in [1.29, 1.82) is 5.26 Å². The smallest absolute Gasteiger partial charge is 0.261 e. The van der Waals surface area contributed by atoms with E-state index in [-0.39, 0.29) is 23.1 Å². The first-order valence-electron chi connectivity index (χ1n) is 13.4. The Kier molecular flexibility index (Phi) is 6.36. The fourth-order valence-corrected chi connectivity index (χ4v) is 7.49. The summed E-state index contributed by atoms with van der Waals surface area (Å²) in [5, 5.41) is 40.5. The van der Waals surface area contributed by atoms with Crippen molar-refractivity contribution in [2.45, 2.75) is 100 Å². The van der Waals surface area contributed by atoms with Crippen molar-refractivity contribution in [2.24, 2.45) is 11.8 Å². The van der Waals surface area contributed by atoms with Crippen LogP contribution in [0.15, 0.2) is 29.3 Å². The summed E-state index contributed by atoms with van der Waals surface area (Å²) >= 11 is 0. The molecule has 0 amide bonds. The van der Waals surface area contributed by atoms with Gasteiger partial charge in [-0.1, -0.05) is 23.6 Å². The normalized spacial score (nSPS) is 43.1. The third-order valence-electron chi connectivity index (χ3n) is 9.34. The summed E-state index contributed by atoms with van der Waals surface area (Å²) in [7, 11) is 1.62. The number of nitriles is 1. The molecular weight excluding hydrogens is 478 g/mol. The van der Waals surface area contributed by atoms with Gasteiger partial charge in [-0.05, 0) is 64.0 Å². The quantitative estimate of drug-likeness (QED) is 0.411. The fraction of sp³-hybridized carbons (Fsp3) is 0.679. The molecule has 2 heterocycles. The molecule has 200 valence electrons. The highest BCUT2D eigenvalue weighted by Crippen LogP contribution is 2.66. The van der Waals surface area contributed by atoms with E-state index in [9.17, 15) is 20.6 Å². The second kappa shape index (κ2) is 9.31. The third-order valence-corrected chi connectivity index (χ3v) is 9.34. The number of hydrogen-bond acceptors (Lipinski definition) is 9. The van der Waals surface area contributed by atoms with Gasteiger partial charge in [-0.2, -0.15) is 10.1 Å². The molecule has 5 aliphatic rings. The van der Waals surface area contributed by atoms with E-state index in [2.05, 4.69) is 6.07 Å². The molecule has 6 rings (SSSR count). The molecule has 1 spiro atoms. The zero-order valence-corrected chi connectivity index (χ0v) is 21.3. The molecule has 3 aliphatic carbocycles. The first-order chi connectivity index (χ1) is 17.9. The van der Waals surface area contributed by atoms with Crippen LogP contribution in [0, 0.1) is 23.2 Å². The second-order valence-corrected chi connectivity index (χ2v) is 11.1. The van der Waals surface area contributed by atoms with E-state index in [0.717, 1.165) is 38.5 Å². The van der Waals surface area contributed by atoms with Crippen LogP contribution in [0.25, 0.3) is 0 Å². The van der Waals surface area contributed by atoms with Gasteiger partial charge in [0, 0.05) is 24.5 Å². The molecule has 1 aromatic carbocycles. The highest BCUT2D eigenvalue weighted by Gasteiger charge is 2.75. The predicted molar refractivity (Wildman–Crippen MR) is 129 cm³/mol. The van der Waals surface area contributed by atoms with Crippen LogP contribution in [0.5, 0.6) is 5.75 Å². The maximum absolute atomic E-state index is 10.5. The summed E-state index contributed by atoms with van der Waals surface area (Å²) in [5.41, 5.74) is 3.32. The molecule has 9 heteroatoms. The zero-order chi connectivity index (χ0) is 25.9. The first-order valence-corrected chi connectivity index (χ1v) is 13.4. The number of methoxy groups -OCH3 is 1.